The lowest BCUT2D eigenvalue weighted by atomic mass is 10.00. The topological polar surface area (TPSA) is 114 Å². The van der Waals surface area contributed by atoms with Gasteiger partial charge in [-0.15, -0.1) is 0 Å². The van der Waals surface area contributed by atoms with Crippen molar-refractivity contribution in [2.75, 3.05) is 45.3 Å². The number of methoxy groups -OCH3 is 1. The predicted molar refractivity (Wildman–Crippen MR) is 114 cm³/mol. The maximum absolute atomic E-state index is 13.4. The van der Waals surface area contributed by atoms with E-state index in [0.717, 1.165) is 0 Å². The summed E-state index contributed by atoms with van der Waals surface area (Å²) in [5, 5.41) is 12.1. The number of carbonyl (C=O) groups is 3. The number of nitrogens with zero attached hydrogens (tertiary/aromatic N) is 1. The Morgan fingerprint density at radius 2 is 1.82 bits per heavy atom. The number of esters is 1. The molecule has 33 heavy (non-hydrogen) atoms. The van der Waals surface area contributed by atoms with E-state index >= 15 is 0 Å². The van der Waals surface area contributed by atoms with Gasteiger partial charge < -0.3 is 29.5 Å². The third-order valence-corrected chi connectivity index (χ3v) is 5.25. The van der Waals surface area contributed by atoms with Crippen molar-refractivity contribution in [3.8, 4) is 11.5 Å². The molecule has 2 heterocycles. The molecule has 2 aliphatic heterocycles. The molecule has 4 rings (SSSR count). The number of hydrogen-bond donors (Lipinski definition) is 2. The monoisotopic (exact) mass is 456 g/mol. The molecule has 172 valence electrons. The Morgan fingerprint density at radius 1 is 1.15 bits per heavy atom. The van der Waals surface area contributed by atoms with E-state index in [2.05, 4.69) is 5.32 Å². The number of benzene rings is 2. The van der Waals surface area contributed by atoms with E-state index in [1.807, 2.05) is 0 Å². The first-order valence-electron chi connectivity index (χ1n) is 10.2. The molecule has 1 amide bonds. The van der Waals surface area contributed by atoms with E-state index in [4.69, 9.17) is 14.2 Å². The highest BCUT2D eigenvalue weighted by molar-refractivity contribution is 6.14. The van der Waals surface area contributed by atoms with Gasteiger partial charge in [0.2, 0.25) is 0 Å². The number of rotatable bonds is 7. The molecule has 0 bridgehead atoms. The van der Waals surface area contributed by atoms with E-state index in [1.54, 1.807) is 0 Å². The van der Waals surface area contributed by atoms with Crippen LogP contribution < -0.4 is 14.8 Å². The van der Waals surface area contributed by atoms with E-state index in [-0.39, 0.29) is 47.8 Å². The van der Waals surface area contributed by atoms with Gasteiger partial charge in [0.1, 0.15) is 24.7 Å². The minimum atomic E-state index is -0.713. The Bertz CT molecular complexity index is 1140. The molecule has 0 saturated carbocycles. The third kappa shape index (κ3) is 4.37. The van der Waals surface area contributed by atoms with Crippen molar-refractivity contribution < 1.29 is 38.1 Å². The zero-order chi connectivity index (χ0) is 23.5. The van der Waals surface area contributed by atoms with Crippen LogP contribution in [0.3, 0.4) is 0 Å². The fourth-order valence-corrected chi connectivity index (χ4v) is 3.62. The predicted octanol–water partition coefficient (Wildman–Crippen LogP) is 1.50. The van der Waals surface area contributed by atoms with Gasteiger partial charge in [0.25, 0.3) is 5.91 Å². The third-order valence-electron chi connectivity index (χ3n) is 5.25. The number of fused-ring (bicyclic) bond motifs is 1. The van der Waals surface area contributed by atoms with Crippen LogP contribution in [-0.4, -0.2) is 67.7 Å². The molecule has 0 aromatic heterocycles. The molecule has 0 radical (unpaired) electrons. The van der Waals surface area contributed by atoms with Gasteiger partial charge in [-0.1, -0.05) is 0 Å². The van der Waals surface area contributed by atoms with Crippen molar-refractivity contribution in [3.63, 3.8) is 0 Å². The van der Waals surface area contributed by atoms with E-state index in [1.165, 1.54) is 48.4 Å². The number of hydrogen-bond acceptors (Lipinski definition) is 8. The number of amides is 1. The summed E-state index contributed by atoms with van der Waals surface area (Å²) in [6, 6.07) is 8.02. The van der Waals surface area contributed by atoms with E-state index in [0.29, 0.717) is 24.7 Å². The second-order valence-electron chi connectivity index (χ2n) is 7.30. The minimum Gasteiger partial charge on any atom is -0.486 e. The average molecular weight is 456 g/mol. The summed E-state index contributed by atoms with van der Waals surface area (Å²) in [7, 11) is 1.19. The normalized spacial score (nSPS) is 15.0. The maximum Gasteiger partial charge on any atom is 0.337 e. The van der Waals surface area contributed by atoms with Crippen LogP contribution in [0, 0.1) is 5.82 Å². The number of aliphatic hydroxyl groups excluding tert-OH is 1. The minimum absolute atomic E-state index is 0.0208. The first-order chi connectivity index (χ1) is 15.9. The zero-order valence-electron chi connectivity index (χ0n) is 17.7. The smallest absolute Gasteiger partial charge is 0.337 e. The maximum atomic E-state index is 13.4. The number of carbonyl (C=O) groups excluding carboxylic acids is 3. The van der Waals surface area contributed by atoms with Gasteiger partial charge >= 0.3 is 5.97 Å². The van der Waals surface area contributed by atoms with Crippen molar-refractivity contribution in [1.29, 1.82) is 0 Å². The summed E-state index contributed by atoms with van der Waals surface area (Å²) in [6.07, 6.45) is 0. The van der Waals surface area contributed by atoms with Crippen LogP contribution in [0.1, 0.15) is 15.9 Å². The van der Waals surface area contributed by atoms with Gasteiger partial charge in [0.05, 0.1) is 31.5 Å². The van der Waals surface area contributed by atoms with Crippen molar-refractivity contribution >= 4 is 23.3 Å². The highest BCUT2D eigenvalue weighted by Crippen LogP contribution is 2.38. The van der Waals surface area contributed by atoms with Crippen LogP contribution in [-0.2, 0) is 14.3 Å². The largest absolute Gasteiger partial charge is 0.486 e. The zero-order valence-corrected chi connectivity index (χ0v) is 17.7. The van der Waals surface area contributed by atoms with Gasteiger partial charge in [-0.25, -0.2) is 9.18 Å². The van der Waals surface area contributed by atoms with E-state index in [9.17, 15) is 23.9 Å². The van der Waals surface area contributed by atoms with Crippen LogP contribution in [0.4, 0.5) is 10.1 Å². The Morgan fingerprint density at radius 3 is 2.45 bits per heavy atom. The standard InChI is InChI=1S/C23H21FN2O7/c1-31-23(30)16-12-26(6-7-27)22(29)20(16)25-17-11-19-18(32-8-9-33-19)10-15(17)21(28)13-2-4-14(24)5-3-13/h2-5,10-11,25,27H,6-9,12H2,1H3. The first-order valence-corrected chi connectivity index (χ1v) is 10.2. The highest BCUT2D eigenvalue weighted by Gasteiger charge is 2.35. The summed E-state index contributed by atoms with van der Waals surface area (Å²) >= 11 is 0. The Balaban J connectivity index is 1.78. The van der Waals surface area contributed by atoms with Crippen molar-refractivity contribution in [2.45, 2.75) is 0 Å². The fourth-order valence-electron chi connectivity index (χ4n) is 3.62. The number of aliphatic hydroxyl groups is 1. The van der Waals surface area contributed by atoms with Gasteiger partial charge in [-0.3, -0.25) is 9.59 Å². The summed E-state index contributed by atoms with van der Waals surface area (Å²) in [5.74, 6) is -1.47. The summed E-state index contributed by atoms with van der Waals surface area (Å²) in [4.78, 5) is 39.8. The molecule has 0 spiro atoms. The quantitative estimate of drug-likeness (QED) is 0.476. The summed E-state index contributed by atoms with van der Waals surface area (Å²) < 4.78 is 29.3. The van der Waals surface area contributed by atoms with Crippen molar-refractivity contribution in [1.82, 2.24) is 4.90 Å². The lowest BCUT2D eigenvalue weighted by molar-refractivity contribution is -0.136. The SMILES string of the molecule is COC(=O)C1=C(Nc2cc3c(cc2C(=O)c2ccc(F)cc2)OCCO3)C(=O)N(CCO)C1. The number of anilines is 1. The summed E-state index contributed by atoms with van der Waals surface area (Å²) in [6.45, 7) is 0.284. The number of halogens is 1. The lowest BCUT2D eigenvalue weighted by Crippen LogP contribution is -2.31. The van der Waals surface area contributed by atoms with Crippen molar-refractivity contribution in [3.05, 3.63) is 64.6 Å². The number of ether oxygens (including phenoxy) is 3. The summed E-state index contributed by atoms with van der Waals surface area (Å²) in [5.41, 5.74) is 0.546. The van der Waals surface area contributed by atoms with Crippen LogP contribution in [0.15, 0.2) is 47.7 Å². The molecule has 0 unspecified atom stereocenters. The van der Waals surface area contributed by atoms with Crippen molar-refractivity contribution in [2.24, 2.45) is 0 Å². The van der Waals surface area contributed by atoms with Crippen LogP contribution in [0.2, 0.25) is 0 Å². The van der Waals surface area contributed by atoms with Crippen LogP contribution in [0.25, 0.3) is 0 Å². The van der Waals surface area contributed by atoms with E-state index < -0.39 is 23.5 Å². The molecule has 2 aromatic carbocycles. The second kappa shape index (κ2) is 9.29. The molecule has 0 atom stereocenters. The molecule has 0 saturated heterocycles. The first kappa shape index (κ1) is 22.3. The van der Waals surface area contributed by atoms with Crippen LogP contribution >= 0.6 is 0 Å². The number of nitrogens with one attached hydrogen (secondary N) is 1. The molecule has 2 N–H and O–H groups in total. The molecule has 0 aliphatic carbocycles. The second-order valence-corrected chi connectivity index (χ2v) is 7.30. The van der Waals surface area contributed by atoms with Gasteiger partial charge in [-0.05, 0) is 30.3 Å². The molecule has 2 aliphatic rings. The molecule has 0 fully saturated rings. The molecule has 9 nitrogen and oxygen atoms in total. The van der Waals surface area contributed by atoms with Crippen LogP contribution in [0.5, 0.6) is 11.5 Å². The Kier molecular flexibility index (Phi) is 6.27. The molecule has 2 aromatic rings. The molecular formula is C23H21FN2O7. The Labute approximate surface area is 188 Å². The molecular weight excluding hydrogens is 435 g/mol. The van der Waals surface area contributed by atoms with Gasteiger partial charge in [-0.2, -0.15) is 0 Å². The highest BCUT2D eigenvalue weighted by atomic mass is 19.1. The fraction of sp³-hybridized carbons (Fsp3) is 0.261. The lowest BCUT2D eigenvalue weighted by Gasteiger charge is -2.22. The number of β-amino-alcohol motifs (C(OH)–C–C–N with tert-alkyl or cyclic N) is 1. The number of ketones is 1. The van der Waals surface area contributed by atoms with Gasteiger partial charge in [0.15, 0.2) is 17.3 Å². The average Bonchev–Trinajstić information content (AvgIpc) is 3.13. The van der Waals surface area contributed by atoms with Gasteiger partial charge in [0, 0.05) is 23.7 Å². The molecule has 10 heteroatoms. The Hall–Kier alpha value is -3.92.